The second-order valence-electron chi connectivity index (χ2n) is 5.73. The number of esters is 1. The van der Waals surface area contributed by atoms with Gasteiger partial charge in [-0.2, -0.15) is 0 Å². The Morgan fingerprint density at radius 1 is 1.26 bits per heavy atom. The maximum atomic E-state index is 12.2. The molecule has 0 amide bonds. The molecule has 140 valence electrons. The maximum absolute atomic E-state index is 12.2. The second kappa shape index (κ2) is 8.59. The smallest absolute Gasteiger partial charge is 0.363 e. The van der Waals surface area contributed by atoms with Crippen molar-refractivity contribution >= 4 is 45.5 Å². The highest BCUT2D eigenvalue weighted by atomic mass is 79.9. The van der Waals surface area contributed by atoms with Gasteiger partial charge in [-0.15, -0.1) is 0 Å². The van der Waals surface area contributed by atoms with E-state index in [1.165, 1.54) is 7.11 Å². The van der Waals surface area contributed by atoms with Crippen molar-refractivity contribution in [3.8, 4) is 11.5 Å². The molecule has 0 radical (unpaired) electrons. The number of aliphatic imine (C=N–C) groups is 1. The molecule has 27 heavy (non-hydrogen) atoms. The molecule has 5 nitrogen and oxygen atoms in total. The molecule has 0 saturated heterocycles. The van der Waals surface area contributed by atoms with Crippen LogP contribution in [0, 0.1) is 0 Å². The van der Waals surface area contributed by atoms with E-state index in [1.54, 1.807) is 18.2 Å². The molecular weight excluding hydrogens is 434 g/mol. The van der Waals surface area contributed by atoms with Crippen LogP contribution in [0.25, 0.3) is 6.08 Å². The predicted molar refractivity (Wildman–Crippen MR) is 109 cm³/mol. The number of ether oxygens (including phenoxy) is 3. The number of rotatable bonds is 6. The van der Waals surface area contributed by atoms with Crippen LogP contribution < -0.4 is 9.47 Å². The summed E-state index contributed by atoms with van der Waals surface area (Å²) >= 11 is 9.69. The van der Waals surface area contributed by atoms with Gasteiger partial charge in [-0.25, -0.2) is 9.79 Å². The van der Waals surface area contributed by atoms with Crippen LogP contribution in [-0.4, -0.2) is 25.6 Å². The van der Waals surface area contributed by atoms with Gasteiger partial charge in [-0.05, 0) is 54.5 Å². The quantitative estimate of drug-likeness (QED) is 0.446. The molecule has 2 aromatic carbocycles. The average Bonchev–Trinajstić information content (AvgIpc) is 3.01. The summed E-state index contributed by atoms with van der Waals surface area (Å²) in [6, 6.07) is 10.8. The lowest BCUT2D eigenvalue weighted by molar-refractivity contribution is -0.129. The van der Waals surface area contributed by atoms with E-state index in [1.807, 2.05) is 31.2 Å². The molecule has 0 aromatic heterocycles. The van der Waals surface area contributed by atoms with E-state index in [0.29, 0.717) is 34.3 Å². The van der Waals surface area contributed by atoms with E-state index >= 15 is 0 Å². The van der Waals surface area contributed by atoms with Crippen molar-refractivity contribution in [3.05, 3.63) is 62.7 Å². The van der Waals surface area contributed by atoms with Gasteiger partial charge in [0.05, 0.1) is 18.7 Å². The summed E-state index contributed by atoms with van der Waals surface area (Å²) in [5, 5.41) is 0.401. The first-order chi connectivity index (χ1) is 13.0. The van der Waals surface area contributed by atoms with Gasteiger partial charge in [-0.3, -0.25) is 0 Å². The third-order valence-electron chi connectivity index (χ3n) is 3.72. The van der Waals surface area contributed by atoms with E-state index in [4.69, 9.17) is 25.8 Å². The molecule has 0 N–H and O–H groups in total. The summed E-state index contributed by atoms with van der Waals surface area (Å²) in [7, 11) is 1.54. The zero-order valence-electron chi connectivity index (χ0n) is 14.8. The number of nitrogens with zero attached hydrogens (tertiary/aromatic N) is 1. The molecule has 0 bridgehead atoms. The molecule has 0 unspecified atom stereocenters. The number of cyclic esters (lactones) is 1. The lowest BCUT2D eigenvalue weighted by atomic mass is 10.1. The van der Waals surface area contributed by atoms with Gasteiger partial charge >= 0.3 is 5.97 Å². The minimum Gasteiger partial charge on any atom is -0.493 e. The number of carbonyl (C=O) groups excluding carboxylic acids is 1. The Morgan fingerprint density at radius 3 is 2.67 bits per heavy atom. The minimum atomic E-state index is -0.519. The van der Waals surface area contributed by atoms with Crippen LogP contribution in [0.1, 0.15) is 24.5 Å². The number of methoxy groups -OCH3 is 1. The van der Waals surface area contributed by atoms with Gasteiger partial charge in [0, 0.05) is 10.0 Å². The van der Waals surface area contributed by atoms with E-state index in [2.05, 4.69) is 20.9 Å². The molecule has 0 saturated carbocycles. The fourth-order valence-electron chi connectivity index (χ4n) is 2.45. The Hall–Kier alpha value is -2.31. The van der Waals surface area contributed by atoms with Crippen molar-refractivity contribution in [2.24, 2.45) is 4.99 Å². The minimum absolute atomic E-state index is 0.188. The summed E-state index contributed by atoms with van der Waals surface area (Å²) in [6.45, 7) is 2.54. The summed E-state index contributed by atoms with van der Waals surface area (Å²) in [6.07, 6.45) is 2.46. The van der Waals surface area contributed by atoms with Crippen molar-refractivity contribution in [3.63, 3.8) is 0 Å². The lowest BCUT2D eigenvalue weighted by Gasteiger charge is -2.12. The molecule has 1 aliphatic rings. The molecule has 1 aliphatic heterocycles. The standard InChI is InChI=1S/C20H17BrClNO4/c1-3-8-26-18-15(22)9-12(11-17(18)25-2)10-16-20(24)27-19(23-16)13-4-6-14(21)7-5-13/h4-7,9-11H,3,8H2,1-2H3/b16-10-. The van der Waals surface area contributed by atoms with Gasteiger partial charge < -0.3 is 14.2 Å². The van der Waals surface area contributed by atoms with Crippen LogP contribution in [0.3, 0.4) is 0 Å². The number of benzene rings is 2. The topological polar surface area (TPSA) is 57.1 Å². The monoisotopic (exact) mass is 449 g/mol. The molecule has 3 rings (SSSR count). The highest BCUT2D eigenvalue weighted by Crippen LogP contribution is 2.37. The van der Waals surface area contributed by atoms with Crippen LogP contribution in [0.2, 0.25) is 5.02 Å². The summed E-state index contributed by atoms with van der Waals surface area (Å²) in [4.78, 5) is 16.5. The zero-order valence-corrected chi connectivity index (χ0v) is 17.1. The molecule has 0 atom stereocenters. The van der Waals surface area contributed by atoms with Crippen LogP contribution in [0.5, 0.6) is 11.5 Å². The summed E-state index contributed by atoms with van der Waals surface area (Å²) in [5.41, 5.74) is 1.57. The number of halogens is 2. The third-order valence-corrected chi connectivity index (χ3v) is 4.53. The molecule has 2 aromatic rings. The Morgan fingerprint density at radius 2 is 2.00 bits per heavy atom. The molecule has 1 heterocycles. The van der Waals surface area contributed by atoms with Crippen LogP contribution >= 0.6 is 27.5 Å². The van der Waals surface area contributed by atoms with Crippen LogP contribution in [0.4, 0.5) is 0 Å². The highest BCUT2D eigenvalue weighted by molar-refractivity contribution is 9.10. The molecule has 0 spiro atoms. The Bertz CT molecular complexity index is 922. The first-order valence-corrected chi connectivity index (χ1v) is 9.47. The third kappa shape index (κ3) is 4.51. The Balaban J connectivity index is 1.92. The van der Waals surface area contributed by atoms with Crippen molar-refractivity contribution in [1.82, 2.24) is 0 Å². The first kappa shape index (κ1) is 19.5. The lowest BCUT2D eigenvalue weighted by Crippen LogP contribution is -2.05. The fraction of sp³-hybridized carbons (Fsp3) is 0.200. The molecule has 7 heteroatoms. The maximum Gasteiger partial charge on any atom is 0.363 e. The fourth-order valence-corrected chi connectivity index (χ4v) is 2.99. The number of hydrogen-bond donors (Lipinski definition) is 0. The first-order valence-electron chi connectivity index (χ1n) is 8.30. The largest absolute Gasteiger partial charge is 0.493 e. The Labute approximate surface area is 170 Å². The second-order valence-corrected chi connectivity index (χ2v) is 7.05. The molecule has 0 aliphatic carbocycles. The van der Waals surface area contributed by atoms with Crippen LogP contribution in [-0.2, 0) is 9.53 Å². The van der Waals surface area contributed by atoms with Gasteiger partial charge in [0.15, 0.2) is 17.2 Å². The zero-order chi connectivity index (χ0) is 19.4. The Kier molecular flexibility index (Phi) is 6.19. The van der Waals surface area contributed by atoms with Gasteiger partial charge in [0.1, 0.15) is 0 Å². The van der Waals surface area contributed by atoms with Crippen molar-refractivity contribution in [1.29, 1.82) is 0 Å². The average molecular weight is 451 g/mol. The SMILES string of the molecule is CCCOc1c(Cl)cc(/C=C2\N=C(c3ccc(Br)cc3)OC2=O)cc1OC. The van der Waals surface area contributed by atoms with E-state index < -0.39 is 5.97 Å². The van der Waals surface area contributed by atoms with Gasteiger partial charge in [0.25, 0.3) is 0 Å². The van der Waals surface area contributed by atoms with Crippen LogP contribution in [0.15, 0.2) is 51.6 Å². The predicted octanol–water partition coefficient (Wildman–Crippen LogP) is 5.24. The normalized spacial score (nSPS) is 14.9. The van der Waals surface area contributed by atoms with Crippen molar-refractivity contribution in [2.45, 2.75) is 13.3 Å². The molecule has 0 fully saturated rings. The molecular formula is C20H17BrClNO4. The highest BCUT2D eigenvalue weighted by Gasteiger charge is 2.24. The summed E-state index contributed by atoms with van der Waals surface area (Å²) in [5.74, 6) is 0.719. The van der Waals surface area contributed by atoms with E-state index in [0.717, 1.165) is 10.9 Å². The summed E-state index contributed by atoms with van der Waals surface area (Å²) < 4.78 is 17.2. The van der Waals surface area contributed by atoms with E-state index in [-0.39, 0.29) is 11.6 Å². The van der Waals surface area contributed by atoms with Gasteiger partial charge in [0.2, 0.25) is 5.90 Å². The van der Waals surface area contributed by atoms with Crippen molar-refractivity contribution in [2.75, 3.05) is 13.7 Å². The van der Waals surface area contributed by atoms with Crippen molar-refractivity contribution < 1.29 is 19.0 Å². The van der Waals surface area contributed by atoms with E-state index in [9.17, 15) is 4.79 Å². The number of carbonyl (C=O) groups is 1. The van der Waals surface area contributed by atoms with Gasteiger partial charge in [-0.1, -0.05) is 34.5 Å². The number of hydrogen-bond acceptors (Lipinski definition) is 5.